The van der Waals surface area contributed by atoms with Crippen molar-refractivity contribution in [2.75, 3.05) is 20.1 Å². The monoisotopic (exact) mass is 338 g/mol. The van der Waals surface area contributed by atoms with Gasteiger partial charge in [-0.2, -0.15) is 11.3 Å². The summed E-state index contributed by atoms with van der Waals surface area (Å²) in [6.07, 6.45) is 1.77. The highest BCUT2D eigenvalue weighted by Crippen LogP contribution is 2.19. The number of hydrogen-bond acceptors (Lipinski definition) is 4. The van der Waals surface area contributed by atoms with Crippen LogP contribution in [0.25, 0.3) is 0 Å². The van der Waals surface area contributed by atoms with Crippen molar-refractivity contribution in [3.63, 3.8) is 0 Å². The van der Waals surface area contributed by atoms with Crippen molar-refractivity contribution in [1.82, 2.24) is 9.80 Å². The standard InChI is InChI=1S/C17H26N2O3S/c1-17(2,3)22-16(21)18(4)14-5-8-19(9-6-14)15(20)11-13-7-10-23-12-13/h7,10,12,14H,5-6,8-9,11H2,1-4H3. The Bertz CT molecular complexity index is 529. The van der Waals surface area contributed by atoms with Gasteiger partial charge in [0.25, 0.3) is 0 Å². The summed E-state index contributed by atoms with van der Waals surface area (Å²) in [7, 11) is 1.78. The molecule has 128 valence electrons. The van der Waals surface area contributed by atoms with Crippen molar-refractivity contribution < 1.29 is 14.3 Å². The molecule has 0 aliphatic carbocycles. The summed E-state index contributed by atoms with van der Waals surface area (Å²) in [5.41, 5.74) is 0.593. The van der Waals surface area contributed by atoms with Crippen LogP contribution in [0.3, 0.4) is 0 Å². The van der Waals surface area contributed by atoms with Gasteiger partial charge in [-0.15, -0.1) is 0 Å². The van der Waals surface area contributed by atoms with Crippen molar-refractivity contribution in [2.24, 2.45) is 0 Å². The maximum atomic E-state index is 12.3. The zero-order valence-corrected chi connectivity index (χ0v) is 15.2. The molecule has 2 heterocycles. The van der Waals surface area contributed by atoms with Crippen LogP contribution in [-0.4, -0.2) is 53.6 Å². The van der Waals surface area contributed by atoms with E-state index < -0.39 is 5.60 Å². The van der Waals surface area contributed by atoms with E-state index in [0.29, 0.717) is 19.5 Å². The van der Waals surface area contributed by atoms with Crippen LogP contribution in [0, 0.1) is 0 Å². The minimum Gasteiger partial charge on any atom is -0.444 e. The van der Waals surface area contributed by atoms with Crippen LogP contribution in [0.4, 0.5) is 4.79 Å². The van der Waals surface area contributed by atoms with E-state index in [1.54, 1.807) is 23.3 Å². The lowest BCUT2D eigenvalue weighted by molar-refractivity contribution is -0.131. The number of nitrogens with zero attached hydrogens (tertiary/aromatic N) is 2. The molecule has 1 fully saturated rings. The van der Waals surface area contributed by atoms with Crippen molar-refractivity contribution in [3.05, 3.63) is 22.4 Å². The van der Waals surface area contributed by atoms with E-state index in [0.717, 1.165) is 18.4 Å². The number of carbonyl (C=O) groups excluding carboxylic acids is 2. The van der Waals surface area contributed by atoms with E-state index in [4.69, 9.17) is 4.74 Å². The van der Waals surface area contributed by atoms with Gasteiger partial charge in [0.1, 0.15) is 5.60 Å². The number of ether oxygens (including phenoxy) is 1. The first kappa shape index (κ1) is 17.8. The largest absolute Gasteiger partial charge is 0.444 e. The molecule has 0 N–H and O–H groups in total. The fourth-order valence-electron chi connectivity index (χ4n) is 2.67. The summed E-state index contributed by atoms with van der Waals surface area (Å²) < 4.78 is 5.40. The molecule has 0 aromatic carbocycles. The number of carbonyl (C=O) groups is 2. The Morgan fingerprint density at radius 2 is 2.00 bits per heavy atom. The van der Waals surface area contributed by atoms with Gasteiger partial charge in [-0.3, -0.25) is 4.79 Å². The minimum atomic E-state index is -0.484. The Hall–Kier alpha value is -1.56. The summed E-state index contributed by atoms with van der Waals surface area (Å²) in [6, 6.07) is 2.13. The van der Waals surface area contributed by atoms with Crippen LogP contribution >= 0.6 is 11.3 Å². The number of piperidine rings is 1. The lowest BCUT2D eigenvalue weighted by atomic mass is 10.0. The molecule has 0 bridgehead atoms. The van der Waals surface area contributed by atoms with Crippen molar-refractivity contribution in [3.8, 4) is 0 Å². The maximum absolute atomic E-state index is 12.3. The summed E-state index contributed by atoms with van der Waals surface area (Å²) in [5, 5.41) is 4.01. The summed E-state index contributed by atoms with van der Waals surface area (Å²) in [5.74, 6) is 0.168. The Kier molecular flexibility index (Phi) is 5.68. The molecule has 1 aromatic heterocycles. The van der Waals surface area contributed by atoms with Crippen LogP contribution in [0.5, 0.6) is 0 Å². The molecule has 23 heavy (non-hydrogen) atoms. The second-order valence-corrected chi connectivity index (χ2v) is 7.79. The van der Waals surface area contributed by atoms with Crippen molar-refractivity contribution in [1.29, 1.82) is 0 Å². The second-order valence-electron chi connectivity index (χ2n) is 7.01. The van der Waals surface area contributed by atoms with E-state index in [2.05, 4.69) is 0 Å². The predicted molar refractivity (Wildman–Crippen MR) is 91.6 cm³/mol. The van der Waals surface area contributed by atoms with E-state index in [1.165, 1.54) is 0 Å². The topological polar surface area (TPSA) is 49.9 Å². The van der Waals surface area contributed by atoms with Gasteiger partial charge in [-0.25, -0.2) is 4.79 Å². The molecule has 2 amide bonds. The first-order chi connectivity index (χ1) is 10.8. The molecule has 0 radical (unpaired) electrons. The van der Waals surface area contributed by atoms with E-state index >= 15 is 0 Å². The van der Waals surface area contributed by atoms with Gasteiger partial charge in [-0.05, 0) is 56.0 Å². The molecule has 6 heteroatoms. The smallest absolute Gasteiger partial charge is 0.410 e. The molecule has 0 atom stereocenters. The van der Waals surface area contributed by atoms with Gasteiger partial charge in [0, 0.05) is 26.2 Å². The summed E-state index contributed by atoms with van der Waals surface area (Å²) in [6.45, 7) is 6.99. The third-order valence-corrected chi connectivity index (χ3v) is 4.71. The average Bonchev–Trinajstić information content (AvgIpc) is 2.97. The maximum Gasteiger partial charge on any atom is 0.410 e. The molecule has 1 aromatic rings. The molecule has 0 spiro atoms. The van der Waals surface area contributed by atoms with E-state index in [-0.39, 0.29) is 18.0 Å². The Balaban J connectivity index is 1.81. The number of rotatable bonds is 3. The summed E-state index contributed by atoms with van der Waals surface area (Å²) in [4.78, 5) is 28.0. The second kappa shape index (κ2) is 7.34. The molecule has 0 saturated carbocycles. The molecule has 1 aliphatic rings. The third-order valence-electron chi connectivity index (χ3n) is 3.98. The van der Waals surface area contributed by atoms with Crippen molar-refractivity contribution in [2.45, 2.75) is 51.7 Å². The molecule has 2 rings (SSSR count). The van der Waals surface area contributed by atoms with E-state index in [1.807, 2.05) is 42.5 Å². The average molecular weight is 338 g/mol. The fraction of sp³-hybridized carbons (Fsp3) is 0.647. The van der Waals surface area contributed by atoms with Gasteiger partial charge in [-0.1, -0.05) is 0 Å². The molecular formula is C17H26N2O3S. The third kappa shape index (κ3) is 5.23. The molecule has 1 saturated heterocycles. The zero-order valence-electron chi connectivity index (χ0n) is 14.4. The molecule has 1 aliphatic heterocycles. The molecule has 0 unspecified atom stereocenters. The highest BCUT2D eigenvalue weighted by Gasteiger charge is 2.29. The van der Waals surface area contributed by atoms with E-state index in [9.17, 15) is 9.59 Å². The Labute approximate surface area is 142 Å². The normalized spacial score (nSPS) is 16.3. The highest BCUT2D eigenvalue weighted by atomic mass is 32.1. The van der Waals surface area contributed by atoms with Gasteiger partial charge < -0.3 is 14.5 Å². The van der Waals surface area contributed by atoms with Crippen LogP contribution in [0.15, 0.2) is 16.8 Å². The van der Waals surface area contributed by atoms with Crippen LogP contribution < -0.4 is 0 Å². The first-order valence-electron chi connectivity index (χ1n) is 8.01. The zero-order chi connectivity index (χ0) is 17.0. The lowest BCUT2D eigenvalue weighted by Crippen LogP contribution is -2.48. The first-order valence-corrected chi connectivity index (χ1v) is 8.95. The van der Waals surface area contributed by atoms with Crippen molar-refractivity contribution >= 4 is 23.3 Å². The van der Waals surface area contributed by atoms with Crippen LogP contribution in [-0.2, 0) is 16.0 Å². The quantitative estimate of drug-likeness (QED) is 0.851. The van der Waals surface area contributed by atoms with Crippen LogP contribution in [0.2, 0.25) is 0 Å². The lowest BCUT2D eigenvalue weighted by Gasteiger charge is -2.37. The Morgan fingerprint density at radius 1 is 1.35 bits per heavy atom. The number of hydrogen-bond donors (Lipinski definition) is 0. The number of thiophene rings is 1. The molecular weight excluding hydrogens is 312 g/mol. The fourth-order valence-corrected chi connectivity index (χ4v) is 3.33. The Morgan fingerprint density at radius 3 is 2.52 bits per heavy atom. The number of amides is 2. The predicted octanol–water partition coefficient (Wildman–Crippen LogP) is 3.15. The SMILES string of the molecule is CN(C(=O)OC(C)(C)C)C1CCN(C(=O)Cc2ccsc2)CC1. The van der Waals surface area contributed by atoms with Gasteiger partial charge in [0.2, 0.25) is 5.91 Å². The van der Waals surface area contributed by atoms with Gasteiger partial charge in [0.15, 0.2) is 0 Å². The van der Waals surface area contributed by atoms with Gasteiger partial charge >= 0.3 is 6.09 Å². The number of likely N-dealkylation sites (tertiary alicyclic amines) is 1. The minimum absolute atomic E-state index is 0.134. The van der Waals surface area contributed by atoms with Gasteiger partial charge in [0.05, 0.1) is 6.42 Å². The highest BCUT2D eigenvalue weighted by molar-refractivity contribution is 7.07. The summed E-state index contributed by atoms with van der Waals surface area (Å²) >= 11 is 1.61. The van der Waals surface area contributed by atoms with Crippen LogP contribution in [0.1, 0.15) is 39.2 Å². The molecule has 5 nitrogen and oxygen atoms in total.